The van der Waals surface area contributed by atoms with Gasteiger partial charge in [-0.25, -0.2) is 12.7 Å². The Morgan fingerprint density at radius 2 is 2.12 bits per heavy atom. The second-order valence-electron chi connectivity index (χ2n) is 6.10. The van der Waals surface area contributed by atoms with Crippen molar-refractivity contribution in [2.24, 2.45) is 10.9 Å². The number of rotatable bonds is 5. The molecular formula is C14H29IN4O4S. The first-order valence-corrected chi connectivity index (χ1v) is 9.80. The van der Waals surface area contributed by atoms with E-state index in [2.05, 4.69) is 15.2 Å². The molecule has 24 heavy (non-hydrogen) atoms. The first-order valence-electron chi connectivity index (χ1n) is 7.95. The van der Waals surface area contributed by atoms with Crippen LogP contribution >= 0.6 is 24.0 Å². The molecule has 2 fully saturated rings. The monoisotopic (exact) mass is 476 g/mol. The summed E-state index contributed by atoms with van der Waals surface area (Å²) in [5, 5.41) is 3.37. The van der Waals surface area contributed by atoms with E-state index in [1.165, 1.54) is 6.26 Å². The molecule has 10 heteroatoms. The minimum atomic E-state index is -3.08. The molecule has 2 rings (SSSR count). The van der Waals surface area contributed by atoms with Crippen molar-refractivity contribution in [3.8, 4) is 0 Å². The second-order valence-corrected chi connectivity index (χ2v) is 8.08. The Morgan fingerprint density at radius 3 is 2.71 bits per heavy atom. The first kappa shape index (κ1) is 21.9. The number of hydrogen-bond acceptors (Lipinski definition) is 5. The van der Waals surface area contributed by atoms with E-state index in [0.717, 1.165) is 32.0 Å². The van der Waals surface area contributed by atoms with Gasteiger partial charge in [0.05, 0.1) is 25.6 Å². The summed E-state index contributed by atoms with van der Waals surface area (Å²) in [6.45, 7) is 4.67. The van der Waals surface area contributed by atoms with E-state index < -0.39 is 10.0 Å². The van der Waals surface area contributed by atoms with Gasteiger partial charge in [-0.3, -0.25) is 4.99 Å². The number of halogens is 1. The molecule has 2 unspecified atom stereocenters. The minimum absolute atomic E-state index is 0. The summed E-state index contributed by atoms with van der Waals surface area (Å²) < 4.78 is 35.5. The lowest BCUT2D eigenvalue weighted by atomic mass is 10.1. The van der Waals surface area contributed by atoms with Crippen molar-refractivity contribution < 1.29 is 17.9 Å². The van der Waals surface area contributed by atoms with Crippen LogP contribution in [0, 0.1) is 5.92 Å². The van der Waals surface area contributed by atoms with Crippen molar-refractivity contribution in [3.63, 3.8) is 0 Å². The maximum absolute atomic E-state index is 11.6. The molecular weight excluding hydrogens is 447 g/mol. The summed E-state index contributed by atoms with van der Waals surface area (Å²) in [5.41, 5.74) is 0. The number of nitrogens with zero attached hydrogens (tertiary/aromatic N) is 3. The fourth-order valence-corrected chi connectivity index (χ4v) is 3.95. The maximum Gasteiger partial charge on any atom is 0.211 e. The lowest BCUT2D eigenvalue weighted by Crippen LogP contribution is -2.52. The van der Waals surface area contributed by atoms with Crippen LogP contribution in [0.1, 0.15) is 6.42 Å². The van der Waals surface area contributed by atoms with Gasteiger partial charge in [-0.15, -0.1) is 24.0 Å². The normalized spacial score (nSPS) is 26.3. The summed E-state index contributed by atoms with van der Waals surface area (Å²) >= 11 is 0. The van der Waals surface area contributed by atoms with Gasteiger partial charge in [-0.05, 0) is 12.3 Å². The molecule has 2 heterocycles. The fraction of sp³-hybridized carbons (Fsp3) is 0.929. The van der Waals surface area contributed by atoms with Crippen LogP contribution in [0.15, 0.2) is 4.99 Å². The number of hydrogen-bond donors (Lipinski definition) is 1. The number of guanidine groups is 1. The third-order valence-corrected chi connectivity index (χ3v) is 5.54. The van der Waals surface area contributed by atoms with E-state index in [4.69, 9.17) is 9.47 Å². The SMILES string of the molecule is CN=C(NCC1CCN(S(C)(=O)=O)C1)N1CCOC(COC)C1.I. The third kappa shape index (κ3) is 6.28. The fourth-order valence-electron chi connectivity index (χ4n) is 3.03. The number of ether oxygens (including phenoxy) is 2. The van der Waals surface area contributed by atoms with Crippen molar-refractivity contribution in [1.82, 2.24) is 14.5 Å². The van der Waals surface area contributed by atoms with Crippen LogP contribution in [0.5, 0.6) is 0 Å². The Hall–Kier alpha value is -0.170. The molecule has 0 radical (unpaired) electrons. The van der Waals surface area contributed by atoms with Crippen molar-refractivity contribution in [2.75, 3.05) is 66.4 Å². The Morgan fingerprint density at radius 1 is 1.38 bits per heavy atom. The van der Waals surface area contributed by atoms with Crippen LogP contribution in [0.2, 0.25) is 0 Å². The lowest BCUT2D eigenvalue weighted by Gasteiger charge is -2.35. The molecule has 0 aliphatic carbocycles. The highest BCUT2D eigenvalue weighted by molar-refractivity contribution is 14.0. The predicted molar refractivity (Wildman–Crippen MR) is 104 cm³/mol. The topological polar surface area (TPSA) is 83.5 Å². The molecule has 1 N–H and O–H groups in total. The van der Waals surface area contributed by atoms with E-state index in [-0.39, 0.29) is 30.1 Å². The largest absolute Gasteiger partial charge is 0.382 e. The van der Waals surface area contributed by atoms with Crippen molar-refractivity contribution >= 4 is 40.0 Å². The van der Waals surface area contributed by atoms with Crippen LogP contribution < -0.4 is 5.32 Å². The Kier molecular flexibility index (Phi) is 9.20. The van der Waals surface area contributed by atoms with E-state index in [1.54, 1.807) is 18.5 Å². The molecule has 0 amide bonds. The van der Waals surface area contributed by atoms with Gasteiger partial charge in [-0.2, -0.15) is 0 Å². The zero-order valence-corrected chi connectivity index (χ0v) is 17.7. The molecule has 0 aromatic carbocycles. The highest BCUT2D eigenvalue weighted by Gasteiger charge is 2.29. The average Bonchev–Trinajstić information content (AvgIpc) is 2.98. The van der Waals surface area contributed by atoms with E-state index in [0.29, 0.717) is 32.2 Å². The number of nitrogens with one attached hydrogen (secondary N) is 1. The standard InChI is InChI=1S/C14H28N4O4S.HI/c1-15-14(17-6-7-22-13(10-17)11-21-2)16-8-12-4-5-18(9-12)23(3,19)20;/h12-13H,4-11H2,1-3H3,(H,15,16);1H. The highest BCUT2D eigenvalue weighted by Crippen LogP contribution is 2.18. The van der Waals surface area contributed by atoms with Crippen LogP contribution in [0.3, 0.4) is 0 Å². The van der Waals surface area contributed by atoms with Crippen molar-refractivity contribution in [1.29, 1.82) is 0 Å². The van der Waals surface area contributed by atoms with E-state index in [9.17, 15) is 8.42 Å². The molecule has 2 atom stereocenters. The lowest BCUT2D eigenvalue weighted by molar-refractivity contribution is -0.0447. The Labute approximate surface area is 162 Å². The van der Waals surface area contributed by atoms with Gasteiger partial charge in [0.2, 0.25) is 10.0 Å². The Bertz CT molecular complexity index is 515. The average molecular weight is 476 g/mol. The number of sulfonamides is 1. The quantitative estimate of drug-likeness (QED) is 0.337. The molecule has 0 saturated carbocycles. The predicted octanol–water partition coefficient (Wildman–Crippen LogP) is -0.191. The molecule has 0 aromatic heterocycles. The number of methoxy groups -OCH3 is 1. The third-order valence-electron chi connectivity index (χ3n) is 4.27. The zero-order chi connectivity index (χ0) is 16.9. The van der Waals surface area contributed by atoms with Crippen LogP contribution in [0.4, 0.5) is 0 Å². The van der Waals surface area contributed by atoms with Gasteiger partial charge in [0, 0.05) is 46.9 Å². The van der Waals surface area contributed by atoms with Crippen molar-refractivity contribution in [3.05, 3.63) is 0 Å². The number of morpholine rings is 1. The van der Waals surface area contributed by atoms with Gasteiger partial charge in [0.15, 0.2) is 5.96 Å². The molecule has 2 aliphatic heterocycles. The summed E-state index contributed by atoms with van der Waals surface area (Å²) in [6, 6.07) is 0. The smallest absolute Gasteiger partial charge is 0.211 e. The first-order chi connectivity index (χ1) is 10.9. The summed E-state index contributed by atoms with van der Waals surface area (Å²) in [4.78, 5) is 6.50. The van der Waals surface area contributed by atoms with Gasteiger partial charge in [0.1, 0.15) is 0 Å². The highest BCUT2D eigenvalue weighted by atomic mass is 127. The van der Waals surface area contributed by atoms with Crippen LogP contribution in [-0.4, -0.2) is 96.0 Å². The van der Waals surface area contributed by atoms with Crippen LogP contribution in [-0.2, 0) is 19.5 Å². The van der Waals surface area contributed by atoms with E-state index >= 15 is 0 Å². The van der Waals surface area contributed by atoms with Crippen molar-refractivity contribution in [2.45, 2.75) is 12.5 Å². The minimum Gasteiger partial charge on any atom is -0.382 e. The molecule has 142 valence electrons. The van der Waals surface area contributed by atoms with Gasteiger partial charge in [-0.1, -0.05) is 0 Å². The van der Waals surface area contributed by atoms with Gasteiger partial charge in [0.25, 0.3) is 0 Å². The Balaban J connectivity index is 0.00000288. The molecule has 2 aliphatic rings. The second kappa shape index (κ2) is 10.1. The summed E-state index contributed by atoms with van der Waals surface area (Å²) in [7, 11) is 0.355. The number of aliphatic imine (C=N–C) groups is 1. The maximum atomic E-state index is 11.6. The molecule has 0 aromatic rings. The zero-order valence-electron chi connectivity index (χ0n) is 14.6. The molecule has 0 spiro atoms. The summed E-state index contributed by atoms with van der Waals surface area (Å²) in [6.07, 6.45) is 2.21. The van der Waals surface area contributed by atoms with Gasteiger partial charge < -0.3 is 19.7 Å². The van der Waals surface area contributed by atoms with E-state index in [1.807, 2.05) is 0 Å². The molecule has 0 bridgehead atoms. The van der Waals surface area contributed by atoms with Crippen LogP contribution in [0.25, 0.3) is 0 Å². The molecule has 2 saturated heterocycles. The molecule has 8 nitrogen and oxygen atoms in total. The van der Waals surface area contributed by atoms with Gasteiger partial charge >= 0.3 is 0 Å². The summed E-state index contributed by atoms with van der Waals surface area (Å²) in [5.74, 6) is 1.16.